The van der Waals surface area contributed by atoms with E-state index in [9.17, 15) is 4.79 Å². The molecule has 1 aliphatic carbocycles. The molecule has 1 saturated heterocycles. The number of rotatable bonds is 5. The second-order valence-corrected chi connectivity index (χ2v) is 7.53. The Hall–Kier alpha value is -1.31. The lowest BCUT2D eigenvalue weighted by Gasteiger charge is -2.44. The van der Waals surface area contributed by atoms with Crippen molar-refractivity contribution in [3.63, 3.8) is 0 Å². The summed E-state index contributed by atoms with van der Waals surface area (Å²) in [6, 6.07) is 10.8. The lowest BCUT2D eigenvalue weighted by molar-refractivity contribution is -0.119. The number of guanidine groups is 1. The molecule has 1 amide bonds. The Balaban J connectivity index is 0.00000243. The van der Waals surface area contributed by atoms with Crippen LogP contribution in [0.4, 0.5) is 0 Å². The number of hydrogen-bond donors (Lipinski definition) is 2. The number of nitrogens with two attached hydrogens (primary N) is 1. The molecular weight excluding hydrogens is 439 g/mol. The number of benzene rings is 1. The van der Waals surface area contributed by atoms with Crippen molar-refractivity contribution in [3.8, 4) is 0 Å². The predicted octanol–water partition coefficient (Wildman–Crippen LogP) is 2.89. The highest BCUT2D eigenvalue weighted by atomic mass is 127. The fraction of sp³-hybridized carbons (Fsp3) is 0.600. The van der Waals surface area contributed by atoms with Gasteiger partial charge in [0.1, 0.15) is 0 Å². The zero-order valence-electron chi connectivity index (χ0n) is 15.6. The molecule has 1 atom stereocenters. The molecule has 144 valence electrons. The maximum absolute atomic E-state index is 11.2. The monoisotopic (exact) mass is 470 g/mol. The summed E-state index contributed by atoms with van der Waals surface area (Å²) in [6.07, 6.45) is 6.38. The number of nitrogens with zero attached hydrogens (tertiary/aromatic N) is 2. The second kappa shape index (κ2) is 9.58. The number of aliphatic imine (C=N–C) groups is 1. The number of halogens is 1. The van der Waals surface area contributed by atoms with Crippen molar-refractivity contribution in [2.24, 2.45) is 16.6 Å². The maximum Gasteiger partial charge on any atom is 0.217 e. The van der Waals surface area contributed by atoms with Gasteiger partial charge in [0.15, 0.2) is 5.96 Å². The van der Waals surface area contributed by atoms with Gasteiger partial charge in [-0.15, -0.1) is 24.0 Å². The third kappa shape index (κ3) is 4.90. The lowest BCUT2D eigenvalue weighted by atomic mass is 9.64. The van der Waals surface area contributed by atoms with Crippen molar-refractivity contribution in [2.45, 2.75) is 43.9 Å². The van der Waals surface area contributed by atoms with Crippen LogP contribution in [0.1, 0.15) is 44.1 Å². The van der Waals surface area contributed by atoms with Gasteiger partial charge in [-0.3, -0.25) is 9.79 Å². The van der Waals surface area contributed by atoms with E-state index in [1.54, 1.807) is 0 Å². The fourth-order valence-electron chi connectivity index (χ4n) is 4.25. The minimum Gasteiger partial charge on any atom is -0.370 e. The van der Waals surface area contributed by atoms with Crippen LogP contribution in [0.2, 0.25) is 0 Å². The minimum atomic E-state index is -0.202. The van der Waals surface area contributed by atoms with Gasteiger partial charge in [-0.2, -0.15) is 0 Å². The van der Waals surface area contributed by atoms with Crippen molar-refractivity contribution in [1.82, 2.24) is 10.2 Å². The van der Waals surface area contributed by atoms with Gasteiger partial charge < -0.3 is 16.0 Å². The highest BCUT2D eigenvalue weighted by molar-refractivity contribution is 14.0. The van der Waals surface area contributed by atoms with E-state index in [1.165, 1.54) is 24.8 Å². The van der Waals surface area contributed by atoms with E-state index < -0.39 is 0 Å². The van der Waals surface area contributed by atoms with Crippen LogP contribution in [0.3, 0.4) is 0 Å². The van der Waals surface area contributed by atoms with Crippen molar-refractivity contribution in [1.29, 1.82) is 0 Å². The molecule has 0 spiro atoms. The number of hydrogen-bond acceptors (Lipinski definition) is 2. The first-order valence-electron chi connectivity index (χ1n) is 9.42. The van der Waals surface area contributed by atoms with Crippen molar-refractivity contribution in [3.05, 3.63) is 35.9 Å². The number of primary amides is 1. The third-order valence-corrected chi connectivity index (χ3v) is 5.80. The van der Waals surface area contributed by atoms with Gasteiger partial charge in [-0.25, -0.2) is 0 Å². The molecule has 0 radical (unpaired) electrons. The summed E-state index contributed by atoms with van der Waals surface area (Å²) >= 11 is 0. The summed E-state index contributed by atoms with van der Waals surface area (Å²) in [5, 5.41) is 3.61. The molecule has 1 aromatic carbocycles. The highest BCUT2D eigenvalue weighted by Gasteiger charge is 2.38. The molecule has 3 rings (SSSR count). The quantitative estimate of drug-likeness (QED) is 0.395. The van der Waals surface area contributed by atoms with Gasteiger partial charge in [0.05, 0.1) is 0 Å². The molecule has 2 fully saturated rings. The Morgan fingerprint density at radius 2 is 2.04 bits per heavy atom. The Kier molecular flexibility index (Phi) is 7.73. The molecule has 1 saturated carbocycles. The molecule has 0 aromatic heterocycles. The van der Waals surface area contributed by atoms with Gasteiger partial charge in [0.2, 0.25) is 5.91 Å². The molecule has 5 nitrogen and oxygen atoms in total. The van der Waals surface area contributed by atoms with Crippen LogP contribution in [0.15, 0.2) is 35.3 Å². The molecular formula is C20H31IN4O. The normalized spacial score (nSPS) is 22.1. The van der Waals surface area contributed by atoms with Crippen LogP contribution in [0.5, 0.6) is 0 Å². The van der Waals surface area contributed by atoms with Crippen molar-refractivity contribution >= 4 is 35.8 Å². The summed E-state index contributed by atoms with van der Waals surface area (Å²) in [6.45, 7) is 2.77. The van der Waals surface area contributed by atoms with Gasteiger partial charge >= 0.3 is 0 Å². The number of amides is 1. The zero-order valence-corrected chi connectivity index (χ0v) is 17.9. The first kappa shape index (κ1) is 21.0. The first-order chi connectivity index (χ1) is 12.1. The Morgan fingerprint density at radius 1 is 1.31 bits per heavy atom. The van der Waals surface area contributed by atoms with Gasteiger partial charge in [-0.05, 0) is 37.2 Å². The molecule has 6 heteroatoms. The van der Waals surface area contributed by atoms with Gasteiger partial charge in [0, 0.05) is 38.5 Å². The lowest BCUT2D eigenvalue weighted by Crippen LogP contribution is -2.52. The molecule has 3 N–H and O–H groups in total. The van der Waals surface area contributed by atoms with Crippen LogP contribution in [0.25, 0.3) is 0 Å². The van der Waals surface area contributed by atoms with E-state index in [2.05, 4.69) is 45.5 Å². The van der Waals surface area contributed by atoms with Crippen LogP contribution < -0.4 is 11.1 Å². The summed E-state index contributed by atoms with van der Waals surface area (Å²) in [5.74, 6) is 1.10. The maximum atomic E-state index is 11.2. The van der Waals surface area contributed by atoms with Crippen LogP contribution in [-0.2, 0) is 10.2 Å². The van der Waals surface area contributed by atoms with E-state index in [1.807, 2.05) is 7.05 Å². The second-order valence-electron chi connectivity index (χ2n) is 7.53. The van der Waals surface area contributed by atoms with Gasteiger partial charge in [-0.1, -0.05) is 36.8 Å². The molecule has 1 unspecified atom stereocenters. The molecule has 1 aromatic rings. The Labute approximate surface area is 173 Å². The summed E-state index contributed by atoms with van der Waals surface area (Å²) in [4.78, 5) is 18.0. The average molecular weight is 470 g/mol. The first-order valence-corrected chi connectivity index (χ1v) is 9.42. The molecule has 1 aliphatic heterocycles. The van der Waals surface area contributed by atoms with E-state index in [0.717, 1.165) is 38.4 Å². The number of nitrogens with one attached hydrogen (secondary N) is 1. The molecule has 26 heavy (non-hydrogen) atoms. The highest BCUT2D eigenvalue weighted by Crippen LogP contribution is 2.43. The standard InChI is InChI=1S/C20H30N4O.HI/c1-22-19(24-12-5-7-16(14-24)13-18(21)25)23-15-20(10-6-11-20)17-8-3-2-4-9-17;/h2-4,8-9,16H,5-7,10-15H2,1H3,(H2,21,25)(H,22,23);1H. The molecule has 0 bridgehead atoms. The zero-order chi connectivity index (χ0) is 17.7. The van der Waals surface area contributed by atoms with Crippen LogP contribution >= 0.6 is 24.0 Å². The van der Waals surface area contributed by atoms with Crippen LogP contribution in [-0.4, -0.2) is 43.4 Å². The van der Waals surface area contributed by atoms with E-state index in [4.69, 9.17) is 5.73 Å². The van der Waals surface area contributed by atoms with Crippen molar-refractivity contribution < 1.29 is 4.79 Å². The van der Waals surface area contributed by atoms with E-state index >= 15 is 0 Å². The summed E-state index contributed by atoms with van der Waals surface area (Å²) in [7, 11) is 1.84. The Bertz CT molecular complexity index is 615. The summed E-state index contributed by atoms with van der Waals surface area (Å²) < 4.78 is 0. The molecule has 1 heterocycles. The summed E-state index contributed by atoms with van der Waals surface area (Å²) in [5.41, 5.74) is 7.04. The Morgan fingerprint density at radius 3 is 2.62 bits per heavy atom. The largest absolute Gasteiger partial charge is 0.370 e. The van der Waals surface area contributed by atoms with E-state index in [0.29, 0.717) is 12.3 Å². The van der Waals surface area contributed by atoms with E-state index in [-0.39, 0.29) is 35.3 Å². The van der Waals surface area contributed by atoms with Crippen molar-refractivity contribution in [2.75, 3.05) is 26.7 Å². The fourth-order valence-corrected chi connectivity index (χ4v) is 4.25. The SMILES string of the molecule is CN=C(NCC1(c2ccccc2)CCC1)N1CCCC(CC(N)=O)C1.I. The van der Waals surface area contributed by atoms with Crippen LogP contribution in [0, 0.1) is 5.92 Å². The molecule has 2 aliphatic rings. The van der Waals surface area contributed by atoms with Gasteiger partial charge in [0.25, 0.3) is 0 Å². The third-order valence-electron chi connectivity index (χ3n) is 5.80. The average Bonchev–Trinajstić information content (AvgIpc) is 2.58. The predicted molar refractivity (Wildman–Crippen MR) is 117 cm³/mol. The topological polar surface area (TPSA) is 70.7 Å². The number of piperidine rings is 1. The smallest absolute Gasteiger partial charge is 0.217 e. The number of likely N-dealkylation sites (tertiary alicyclic amines) is 1. The number of carbonyl (C=O) groups excluding carboxylic acids is 1. The minimum absolute atomic E-state index is 0. The number of carbonyl (C=O) groups is 1.